The van der Waals surface area contributed by atoms with E-state index in [1.807, 2.05) is 0 Å². The third-order valence-corrected chi connectivity index (χ3v) is 12.3. The fourth-order valence-corrected chi connectivity index (χ4v) is 9.80. The lowest BCUT2D eigenvalue weighted by molar-refractivity contribution is 0.987. The third-order valence-electron chi connectivity index (χ3n) is 12.3. The Morgan fingerprint density at radius 1 is 0.411 bits per heavy atom. The molecule has 0 fully saturated rings. The van der Waals surface area contributed by atoms with Gasteiger partial charge in [0.05, 0.1) is 22.8 Å². The zero-order valence-corrected chi connectivity index (χ0v) is 30.3. The molecule has 3 aromatic heterocycles. The number of fused-ring (bicyclic) bond motifs is 28. The van der Waals surface area contributed by atoms with Crippen LogP contribution in [0.4, 0.5) is 0 Å². The number of aromatic nitrogens is 4. The SMILES string of the molecule is C1=Cc2c(ccc3c2-c2cc4[nH]c(cc5nc(cc6[nH]c(cc-3n2)c2c3ccccc3ccc62)-c2c-5ccc3ccccc23)c2c3ccccc3ccc42)CC1. The van der Waals surface area contributed by atoms with Crippen molar-refractivity contribution in [1.82, 2.24) is 19.9 Å². The summed E-state index contributed by atoms with van der Waals surface area (Å²) in [5.74, 6) is 0. The number of allylic oxidation sites excluding steroid dienone is 1. The molecule has 4 nitrogen and oxygen atoms in total. The first kappa shape index (κ1) is 30.1. The average molecular weight is 713 g/mol. The first-order chi connectivity index (χ1) is 27.7. The molecular formula is C52H32N4. The third kappa shape index (κ3) is 4.18. The van der Waals surface area contributed by atoms with Gasteiger partial charge in [-0.05, 0) is 80.6 Å². The Bertz CT molecular complexity index is 3560. The zero-order valence-electron chi connectivity index (χ0n) is 30.3. The molecule has 0 saturated heterocycles. The molecule has 1 aliphatic carbocycles. The van der Waals surface area contributed by atoms with E-state index in [1.165, 1.54) is 65.2 Å². The fraction of sp³-hybridized carbons (Fsp3) is 0.0385. The van der Waals surface area contributed by atoms with Crippen LogP contribution in [0.3, 0.4) is 0 Å². The number of nitrogens with zero attached hydrogens (tertiary/aromatic N) is 2. The molecule has 0 amide bonds. The highest BCUT2D eigenvalue weighted by Crippen LogP contribution is 2.46. The summed E-state index contributed by atoms with van der Waals surface area (Å²) in [6, 6.07) is 53.2. The molecule has 0 atom stereocenters. The summed E-state index contributed by atoms with van der Waals surface area (Å²) in [6.45, 7) is 0. The van der Waals surface area contributed by atoms with Crippen LogP contribution in [0.1, 0.15) is 17.5 Å². The summed E-state index contributed by atoms with van der Waals surface area (Å²) < 4.78 is 0. The minimum absolute atomic E-state index is 0.943. The normalized spacial score (nSPS) is 13.1. The topological polar surface area (TPSA) is 57.4 Å². The lowest BCUT2D eigenvalue weighted by atomic mass is 9.89. The van der Waals surface area contributed by atoms with E-state index in [9.17, 15) is 0 Å². The molecule has 2 N–H and O–H groups in total. The molecular weight excluding hydrogens is 681 g/mol. The van der Waals surface area contributed by atoms with E-state index >= 15 is 0 Å². The molecule has 10 aromatic rings. The zero-order chi connectivity index (χ0) is 36.5. The highest BCUT2D eigenvalue weighted by molar-refractivity contribution is 6.22. The summed E-state index contributed by atoms with van der Waals surface area (Å²) in [7, 11) is 0. The predicted octanol–water partition coefficient (Wildman–Crippen LogP) is 13.7. The van der Waals surface area contributed by atoms with Crippen LogP contribution < -0.4 is 0 Å². The fourth-order valence-electron chi connectivity index (χ4n) is 9.80. The number of H-pyrrole nitrogens is 2. The van der Waals surface area contributed by atoms with Crippen LogP contribution in [0, 0.1) is 0 Å². The highest BCUT2D eigenvalue weighted by atomic mass is 14.8. The van der Waals surface area contributed by atoms with Gasteiger partial charge in [0.25, 0.3) is 0 Å². The second-order valence-electron chi connectivity index (χ2n) is 15.4. The summed E-state index contributed by atoms with van der Waals surface area (Å²) in [6.07, 6.45) is 6.71. The first-order valence-corrected chi connectivity index (χ1v) is 19.5. The van der Waals surface area contributed by atoms with Crippen molar-refractivity contribution in [1.29, 1.82) is 0 Å². The van der Waals surface area contributed by atoms with Crippen LogP contribution in [0.25, 0.3) is 127 Å². The van der Waals surface area contributed by atoms with Crippen LogP contribution in [0.2, 0.25) is 0 Å². The lowest BCUT2D eigenvalue weighted by Gasteiger charge is -2.14. The van der Waals surface area contributed by atoms with Crippen molar-refractivity contribution < 1.29 is 0 Å². The second kappa shape index (κ2) is 11.1. The van der Waals surface area contributed by atoms with E-state index in [0.717, 1.165) is 79.8 Å². The highest BCUT2D eigenvalue weighted by Gasteiger charge is 2.24. The standard InChI is InChI=1S/C52H32N4/c1-5-13-33-29(9-1)17-21-37-41-26-46-51-35-15-7-3-11-31(35)19-23-39(51)43(55-46)28-48-52-36-16-8-4-12-32(36)20-24-40(52)44(56-48)27-47-50-34-14-6-2-10-30(34)18-22-38(50)42(54-47)25-45(53-41)49(33)37/h1-3,5-11,13-28,54-55H,4,12H2. The van der Waals surface area contributed by atoms with E-state index in [-0.39, 0.29) is 0 Å². The number of hydrogen-bond donors (Lipinski definition) is 2. The number of hydrogen-bond acceptors (Lipinski definition) is 2. The van der Waals surface area contributed by atoms with Gasteiger partial charge in [-0.2, -0.15) is 0 Å². The van der Waals surface area contributed by atoms with E-state index in [4.69, 9.17) is 9.97 Å². The number of rotatable bonds is 0. The molecule has 56 heavy (non-hydrogen) atoms. The Kier molecular flexibility index (Phi) is 5.97. The van der Waals surface area contributed by atoms with Crippen LogP contribution in [0.15, 0.2) is 152 Å². The lowest BCUT2D eigenvalue weighted by Crippen LogP contribution is -1.96. The first-order valence-electron chi connectivity index (χ1n) is 19.5. The van der Waals surface area contributed by atoms with Gasteiger partial charge in [-0.25, -0.2) is 9.97 Å². The second-order valence-corrected chi connectivity index (χ2v) is 15.4. The summed E-state index contributed by atoms with van der Waals surface area (Å²) >= 11 is 0. The van der Waals surface area contributed by atoms with Crippen LogP contribution >= 0.6 is 0 Å². The van der Waals surface area contributed by atoms with Crippen molar-refractivity contribution in [2.45, 2.75) is 12.8 Å². The molecule has 2 aliphatic heterocycles. The number of aromatic amines is 2. The minimum Gasteiger partial charge on any atom is -0.354 e. The molecule has 13 rings (SSSR count). The summed E-state index contributed by atoms with van der Waals surface area (Å²) in [4.78, 5) is 18.9. The molecule has 0 radical (unpaired) electrons. The van der Waals surface area contributed by atoms with Crippen molar-refractivity contribution in [3.63, 3.8) is 0 Å². The Morgan fingerprint density at radius 2 is 0.911 bits per heavy atom. The van der Waals surface area contributed by atoms with Gasteiger partial charge in [0.1, 0.15) is 0 Å². The van der Waals surface area contributed by atoms with Crippen LogP contribution in [-0.2, 0) is 6.42 Å². The minimum atomic E-state index is 0.943. The van der Waals surface area contributed by atoms with Crippen molar-refractivity contribution in [2.75, 3.05) is 0 Å². The molecule has 7 aromatic carbocycles. The smallest absolute Gasteiger partial charge is 0.0743 e. The molecule has 4 heteroatoms. The van der Waals surface area contributed by atoms with Gasteiger partial charge in [0.2, 0.25) is 0 Å². The van der Waals surface area contributed by atoms with Crippen molar-refractivity contribution in [2.24, 2.45) is 0 Å². The molecule has 0 unspecified atom stereocenters. The molecule has 0 saturated carbocycles. The van der Waals surface area contributed by atoms with Gasteiger partial charge in [0.15, 0.2) is 0 Å². The maximum Gasteiger partial charge on any atom is 0.0743 e. The largest absolute Gasteiger partial charge is 0.354 e. The Hall–Kier alpha value is -7.30. The van der Waals surface area contributed by atoms with E-state index in [1.54, 1.807) is 0 Å². The molecule has 3 aliphatic rings. The number of aryl methyl sites for hydroxylation is 1. The Balaban J connectivity index is 1.27. The summed E-state index contributed by atoms with van der Waals surface area (Å²) in [5.41, 5.74) is 15.3. The van der Waals surface area contributed by atoms with Crippen molar-refractivity contribution in [3.05, 3.63) is 163 Å². The Labute approximate surface area is 321 Å². The van der Waals surface area contributed by atoms with Gasteiger partial charge in [0, 0.05) is 65.9 Å². The van der Waals surface area contributed by atoms with Crippen LogP contribution in [0.5, 0.6) is 0 Å². The average Bonchev–Trinajstić information content (AvgIpc) is 3.99. The molecule has 5 heterocycles. The van der Waals surface area contributed by atoms with Crippen molar-refractivity contribution >= 4 is 82.0 Å². The van der Waals surface area contributed by atoms with Gasteiger partial charge in [-0.3, -0.25) is 0 Å². The molecule has 8 bridgehead atoms. The van der Waals surface area contributed by atoms with Crippen LogP contribution in [-0.4, -0.2) is 19.9 Å². The Morgan fingerprint density at radius 3 is 1.55 bits per heavy atom. The van der Waals surface area contributed by atoms with E-state index < -0.39 is 0 Å². The van der Waals surface area contributed by atoms with Crippen molar-refractivity contribution in [3.8, 4) is 45.0 Å². The number of nitrogens with one attached hydrogen (secondary N) is 2. The number of benzene rings is 7. The molecule has 0 spiro atoms. The monoisotopic (exact) mass is 712 g/mol. The summed E-state index contributed by atoms with van der Waals surface area (Å²) in [5, 5.41) is 12.0. The van der Waals surface area contributed by atoms with Gasteiger partial charge < -0.3 is 9.97 Å². The maximum atomic E-state index is 5.52. The van der Waals surface area contributed by atoms with E-state index in [0.29, 0.717) is 0 Å². The quantitative estimate of drug-likeness (QED) is 0.164. The predicted molar refractivity (Wildman–Crippen MR) is 235 cm³/mol. The van der Waals surface area contributed by atoms with Gasteiger partial charge in [-0.15, -0.1) is 0 Å². The van der Waals surface area contributed by atoms with Gasteiger partial charge in [-0.1, -0.05) is 133 Å². The van der Waals surface area contributed by atoms with E-state index in [2.05, 4.69) is 168 Å². The van der Waals surface area contributed by atoms with Gasteiger partial charge >= 0.3 is 0 Å². The molecule has 260 valence electrons. The maximum absolute atomic E-state index is 5.52.